The molecule has 1 aromatic heterocycles. The van der Waals surface area contributed by atoms with Crippen molar-refractivity contribution in [2.45, 2.75) is 37.8 Å². The van der Waals surface area contributed by atoms with Crippen LogP contribution in [0.2, 0.25) is 0 Å². The quantitative estimate of drug-likeness (QED) is 0.793. The fourth-order valence-corrected chi connectivity index (χ4v) is 2.19. The Kier molecular flexibility index (Phi) is 2.46. The summed E-state index contributed by atoms with van der Waals surface area (Å²) >= 11 is 0. The van der Waals surface area contributed by atoms with Crippen LogP contribution in [-0.2, 0) is 11.3 Å². The number of nitrogens with zero attached hydrogens (tertiary/aromatic N) is 2. The Morgan fingerprint density at radius 1 is 1.57 bits per heavy atom. The highest BCUT2D eigenvalue weighted by atomic mass is 16.5. The number of rotatable bonds is 3. The zero-order valence-electron chi connectivity index (χ0n) is 8.57. The molecule has 0 aromatic carbocycles. The van der Waals surface area contributed by atoms with Crippen LogP contribution < -0.4 is 5.73 Å². The minimum atomic E-state index is -0.0276. The van der Waals surface area contributed by atoms with E-state index in [9.17, 15) is 0 Å². The molecule has 0 bridgehead atoms. The summed E-state index contributed by atoms with van der Waals surface area (Å²) in [6, 6.07) is 1.82. The number of nitrogen functional groups attached to an aromatic ring is 1. The Morgan fingerprint density at radius 2 is 2.29 bits per heavy atom. The molecule has 0 saturated heterocycles. The molecular weight excluding hydrogens is 178 g/mol. The van der Waals surface area contributed by atoms with Crippen LogP contribution in [0.5, 0.6) is 0 Å². The molecule has 1 aliphatic rings. The van der Waals surface area contributed by atoms with Gasteiger partial charge in [-0.15, -0.1) is 0 Å². The Hall–Kier alpha value is -1.03. The Labute approximate surface area is 84.0 Å². The molecule has 1 heterocycles. The first-order valence-corrected chi connectivity index (χ1v) is 5.08. The van der Waals surface area contributed by atoms with E-state index in [1.165, 1.54) is 12.8 Å². The number of hydrogen-bond donors (Lipinski definition) is 1. The lowest BCUT2D eigenvalue weighted by Gasteiger charge is -2.27. The second kappa shape index (κ2) is 3.61. The molecule has 14 heavy (non-hydrogen) atoms. The van der Waals surface area contributed by atoms with Crippen molar-refractivity contribution in [2.24, 2.45) is 0 Å². The number of ether oxygens (including phenoxy) is 1. The van der Waals surface area contributed by atoms with Gasteiger partial charge in [-0.2, -0.15) is 5.10 Å². The molecule has 2 rings (SSSR count). The second-order valence-corrected chi connectivity index (χ2v) is 4.01. The highest BCUT2D eigenvalue weighted by Crippen LogP contribution is 2.34. The minimum Gasteiger partial charge on any atom is -0.384 e. The third-order valence-corrected chi connectivity index (χ3v) is 3.14. The van der Waals surface area contributed by atoms with E-state index in [2.05, 4.69) is 5.10 Å². The molecule has 1 aliphatic carbocycles. The summed E-state index contributed by atoms with van der Waals surface area (Å²) in [5.41, 5.74) is 5.75. The highest BCUT2D eigenvalue weighted by Gasteiger charge is 2.34. The molecule has 2 N–H and O–H groups in total. The van der Waals surface area contributed by atoms with E-state index in [0.29, 0.717) is 5.82 Å². The fraction of sp³-hybridized carbons (Fsp3) is 0.700. The van der Waals surface area contributed by atoms with Crippen molar-refractivity contribution in [3.63, 3.8) is 0 Å². The molecule has 1 aromatic rings. The summed E-state index contributed by atoms with van der Waals surface area (Å²) in [5.74, 6) is 0.716. The van der Waals surface area contributed by atoms with Crippen LogP contribution >= 0.6 is 0 Å². The van der Waals surface area contributed by atoms with Crippen LogP contribution in [0, 0.1) is 0 Å². The molecule has 0 spiro atoms. The summed E-state index contributed by atoms with van der Waals surface area (Å²) in [5, 5.41) is 4.18. The summed E-state index contributed by atoms with van der Waals surface area (Å²) in [7, 11) is 1.78. The molecule has 0 amide bonds. The molecule has 4 nitrogen and oxygen atoms in total. The van der Waals surface area contributed by atoms with Gasteiger partial charge >= 0.3 is 0 Å². The number of hydrogen-bond acceptors (Lipinski definition) is 3. The first kappa shape index (κ1) is 9.52. The first-order valence-electron chi connectivity index (χ1n) is 5.08. The summed E-state index contributed by atoms with van der Waals surface area (Å²) < 4.78 is 7.44. The van der Waals surface area contributed by atoms with E-state index in [-0.39, 0.29) is 5.60 Å². The van der Waals surface area contributed by atoms with Crippen molar-refractivity contribution >= 4 is 5.82 Å². The van der Waals surface area contributed by atoms with Crippen LogP contribution in [0.15, 0.2) is 12.3 Å². The fourth-order valence-electron chi connectivity index (χ4n) is 2.19. The molecule has 0 atom stereocenters. The average Bonchev–Trinajstić information content (AvgIpc) is 2.79. The van der Waals surface area contributed by atoms with E-state index in [1.807, 2.05) is 10.7 Å². The zero-order chi connectivity index (χ0) is 10.0. The van der Waals surface area contributed by atoms with Crippen molar-refractivity contribution in [3.05, 3.63) is 12.3 Å². The van der Waals surface area contributed by atoms with Crippen molar-refractivity contribution in [2.75, 3.05) is 12.8 Å². The maximum absolute atomic E-state index is 5.78. The lowest BCUT2D eigenvalue weighted by molar-refractivity contribution is -0.0203. The van der Waals surface area contributed by atoms with Gasteiger partial charge in [-0.05, 0) is 18.9 Å². The maximum Gasteiger partial charge on any atom is 0.121 e. The van der Waals surface area contributed by atoms with Gasteiger partial charge in [0.15, 0.2) is 0 Å². The average molecular weight is 195 g/mol. The van der Waals surface area contributed by atoms with Crippen molar-refractivity contribution in [1.29, 1.82) is 0 Å². The van der Waals surface area contributed by atoms with Crippen LogP contribution in [0.3, 0.4) is 0 Å². The topological polar surface area (TPSA) is 53.1 Å². The van der Waals surface area contributed by atoms with E-state index < -0.39 is 0 Å². The predicted molar refractivity (Wildman–Crippen MR) is 54.8 cm³/mol. The molecule has 1 saturated carbocycles. The summed E-state index contributed by atoms with van der Waals surface area (Å²) in [4.78, 5) is 0. The number of methoxy groups -OCH3 is 1. The summed E-state index contributed by atoms with van der Waals surface area (Å²) in [6.45, 7) is 0.780. The van der Waals surface area contributed by atoms with Gasteiger partial charge in [0.25, 0.3) is 0 Å². The van der Waals surface area contributed by atoms with Crippen LogP contribution in [0.1, 0.15) is 25.7 Å². The number of nitrogens with two attached hydrogens (primary N) is 1. The van der Waals surface area contributed by atoms with E-state index in [1.54, 1.807) is 13.3 Å². The van der Waals surface area contributed by atoms with Gasteiger partial charge in [-0.25, -0.2) is 4.68 Å². The predicted octanol–water partition coefficient (Wildman–Crippen LogP) is 1.42. The van der Waals surface area contributed by atoms with Gasteiger partial charge in [0, 0.05) is 7.11 Å². The number of aromatic nitrogens is 2. The van der Waals surface area contributed by atoms with E-state index >= 15 is 0 Å². The largest absolute Gasteiger partial charge is 0.384 e. The third-order valence-electron chi connectivity index (χ3n) is 3.14. The van der Waals surface area contributed by atoms with Gasteiger partial charge in [0.1, 0.15) is 5.82 Å². The second-order valence-electron chi connectivity index (χ2n) is 4.01. The molecule has 0 unspecified atom stereocenters. The molecular formula is C10H17N3O. The Morgan fingerprint density at radius 3 is 2.79 bits per heavy atom. The van der Waals surface area contributed by atoms with Crippen molar-refractivity contribution in [1.82, 2.24) is 9.78 Å². The Balaban J connectivity index is 2.12. The first-order chi connectivity index (χ1) is 6.76. The standard InChI is InChI=1S/C10H17N3O/c1-14-10(5-2-3-6-10)8-13-9(11)4-7-12-13/h4,7H,2-3,5-6,8,11H2,1H3. The van der Waals surface area contributed by atoms with E-state index in [4.69, 9.17) is 10.5 Å². The summed E-state index contributed by atoms with van der Waals surface area (Å²) in [6.07, 6.45) is 6.45. The lowest BCUT2D eigenvalue weighted by Crippen LogP contribution is -2.34. The monoisotopic (exact) mass is 195 g/mol. The molecule has 4 heteroatoms. The van der Waals surface area contributed by atoms with Crippen molar-refractivity contribution in [3.8, 4) is 0 Å². The van der Waals surface area contributed by atoms with Gasteiger partial charge in [0.05, 0.1) is 18.3 Å². The van der Waals surface area contributed by atoms with Gasteiger partial charge in [-0.3, -0.25) is 0 Å². The third kappa shape index (κ3) is 1.62. The zero-order valence-corrected chi connectivity index (χ0v) is 8.57. The maximum atomic E-state index is 5.78. The van der Waals surface area contributed by atoms with Crippen LogP contribution in [-0.4, -0.2) is 22.5 Å². The van der Waals surface area contributed by atoms with Crippen LogP contribution in [0.25, 0.3) is 0 Å². The highest BCUT2D eigenvalue weighted by molar-refractivity contribution is 5.26. The normalized spacial score (nSPS) is 20.1. The molecule has 0 radical (unpaired) electrons. The van der Waals surface area contributed by atoms with Gasteiger partial charge in [0.2, 0.25) is 0 Å². The number of anilines is 1. The molecule has 1 fully saturated rings. The van der Waals surface area contributed by atoms with Gasteiger partial charge in [-0.1, -0.05) is 12.8 Å². The SMILES string of the molecule is COC1(Cn2nccc2N)CCCC1. The van der Waals surface area contributed by atoms with Crippen LogP contribution in [0.4, 0.5) is 5.82 Å². The molecule has 0 aliphatic heterocycles. The Bertz CT molecular complexity index is 302. The smallest absolute Gasteiger partial charge is 0.121 e. The molecule has 78 valence electrons. The van der Waals surface area contributed by atoms with E-state index in [0.717, 1.165) is 19.4 Å². The van der Waals surface area contributed by atoms with Crippen molar-refractivity contribution < 1.29 is 4.74 Å². The lowest BCUT2D eigenvalue weighted by atomic mass is 10.0. The minimum absolute atomic E-state index is 0.0276. The van der Waals surface area contributed by atoms with Gasteiger partial charge < -0.3 is 10.5 Å².